The van der Waals surface area contributed by atoms with E-state index in [0.29, 0.717) is 23.7 Å². The van der Waals surface area contributed by atoms with Crippen LogP contribution in [-0.2, 0) is 11.3 Å². The van der Waals surface area contributed by atoms with Crippen molar-refractivity contribution in [3.63, 3.8) is 0 Å². The van der Waals surface area contributed by atoms with E-state index in [9.17, 15) is 4.79 Å². The van der Waals surface area contributed by atoms with Crippen LogP contribution < -0.4 is 4.74 Å². The van der Waals surface area contributed by atoms with Crippen LogP contribution in [0.1, 0.15) is 16.1 Å². The van der Waals surface area contributed by atoms with Gasteiger partial charge in [-0.15, -0.1) is 0 Å². The molecule has 0 spiro atoms. The average Bonchev–Trinajstić information content (AvgIpc) is 2.95. The highest BCUT2D eigenvalue weighted by atomic mass is 16.5. The van der Waals surface area contributed by atoms with Crippen LogP contribution in [0.3, 0.4) is 0 Å². The zero-order valence-electron chi connectivity index (χ0n) is 11.4. The Hall–Kier alpha value is -2.89. The molecule has 0 fully saturated rings. The van der Waals surface area contributed by atoms with Crippen LogP contribution in [0.15, 0.2) is 48.9 Å². The number of nitrogens with zero attached hydrogens (tertiary/aromatic N) is 3. The van der Waals surface area contributed by atoms with Gasteiger partial charge in [0.05, 0.1) is 18.4 Å². The van der Waals surface area contributed by atoms with Gasteiger partial charge < -0.3 is 9.47 Å². The molecular weight excluding hydrogens is 270 g/mol. The molecule has 0 amide bonds. The summed E-state index contributed by atoms with van der Waals surface area (Å²) in [6, 6.07) is 8.60. The minimum atomic E-state index is -0.368. The highest BCUT2D eigenvalue weighted by molar-refractivity contribution is 5.89. The van der Waals surface area contributed by atoms with Gasteiger partial charge in [0.1, 0.15) is 12.4 Å². The number of methoxy groups -OCH3 is 1. The van der Waals surface area contributed by atoms with Crippen molar-refractivity contribution in [1.29, 1.82) is 0 Å². The van der Waals surface area contributed by atoms with Crippen molar-refractivity contribution in [2.75, 3.05) is 7.11 Å². The lowest BCUT2D eigenvalue weighted by atomic mass is 10.2. The summed E-state index contributed by atoms with van der Waals surface area (Å²) in [5.74, 6) is 0.929. The first-order chi connectivity index (χ1) is 10.3. The summed E-state index contributed by atoms with van der Waals surface area (Å²) in [6.45, 7) is 0.334. The number of rotatable bonds is 4. The number of carbonyl (C=O) groups is 1. The molecule has 3 aromatic rings. The average molecular weight is 283 g/mol. The molecule has 6 heteroatoms. The molecule has 0 unspecified atom stereocenters. The summed E-state index contributed by atoms with van der Waals surface area (Å²) < 4.78 is 12.1. The molecule has 1 aromatic carbocycles. The Morgan fingerprint density at radius 1 is 1.29 bits per heavy atom. The Bertz CT molecular complexity index is 732. The number of hydrogen-bond acceptors (Lipinski definition) is 5. The van der Waals surface area contributed by atoms with Gasteiger partial charge in [0, 0.05) is 18.6 Å². The van der Waals surface area contributed by atoms with E-state index in [2.05, 4.69) is 14.7 Å². The molecule has 106 valence electrons. The first-order valence-corrected chi connectivity index (χ1v) is 6.36. The minimum Gasteiger partial charge on any atom is -0.487 e. The molecule has 2 aromatic heterocycles. The highest BCUT2D eigenvalue weighted by Gasteiger charge is 2.06. The van der Waals surface area contributed by atoms with Gasteiger partial charge in [0.2, 0.25) is 5.78 Å². The van der Waals surface area contributed by atoms with E-state index in [-0.39, 0.29) is 5.97 Å². The third kappa shape index (κ3) is 2.84. The maximum Gasteiger partial charge on any atom is 0.337 e. The SMILES string of the molecule is COC(=O)c1ccc(OCc2cn3cccnc3n2)cc1. The van der Waals surface area contributed by atoms with Crippen molar-refractivity contribution >= 4 is 11.7 Å². The molecule has 2 heterocycles. The molecule has 0 N–H and O–H groups in total. The fourth-order valence-electron chi connectivity index (χ4n) is 1.91. The van der Waals surface area contributed by atoms with Crippen molar-refractivity contribution in [3.05, 3.63) is 60.2 Å². The summed E-state index contributed by atoms with van der Waals surface area (Å²) in [5.41, 5.74) is 1.27. The largest absolute Gasteiger partial charge is 0.487 e. The molecule has 0 radical (unpaired) electrons. The fraction of sp³-hybridized carbons (Fsp3) is 0.133. The number of hydrogen-bond donors (Lipinski definition) is 0. The van der Waals surface area contributed by atoms with Gasteiger partial charge in [0.15, 0.2) is 0 Å². The van der Waals surface area contributed by atoms with Crippen molar-refractivity contribution in [2.45, 2.75) is 6.61 Å². The van der Waals surface area contributed by atoms with Crippen molar-refractivity contribution in [3.8, 4) is 5.75 Å². The van der Waals surface area contributed by atoms with E-state index in [0.717, 1.165) is 5.69 Å². The van der Waals surface area contributed by atoms with Gasteiger partial charge in [-0.05, 0) is 30.3 Å². The van der Waals surface area contributed by atoms with Crippen molar-refractivity contribution in [1.82, 2.24) is 14.4 Å². The molecule has 0 aliphatic carbocycles. The Balaban J connectivity index is 1.68. The standard InChI is InChI=1S/C15H13N3O3/c1-20-14(19)11-3-5-13(6-4-11)21-10-12-9-18-8-2-7-16-15(18)17-12/h2-9H,10H2,1H3. The number of carbonyl (C=O) groups excluding carboxylic acids is 1. The van der Waals surface area contributed by atoms with Gasteiger partial charge in [-0.3, -0.25) is 4.40 Å². The molecule has 3 rings (SSSR count). The monoisotopic (exact) mass is 283 g/mol. The second-order valence-corrected chi connectivity index (χ2v) is 4.36. The lowest BCUT2D eigenvalue weighted by Gasteiger charge is -2.04. The van der Waals surface area contributed by atoms with Crippen LogP contribution in [-0.4, -0.2) is 27.4 Å². The number of esters is 1. The van der Waals surface area contributed by atoms with E-state index < -0.39 is 0 Å². The second kappa shape index (κ2) is 5.62. The summed E-state index contributed by atoms with van der Waals surface area (Å²) in [5, 5.41) is 0. The zero-order valence-corrected chi connectivity index (χ0v) is 11.4. The first-order valence-electron chi connectivity index (χ1n) is 6.36. The third-order valence-corrected chi connectivity index (χ3v) is 2.95. The Morgan fingerprint density at radius 3 is 2.81 bits per heavy atom. The first kappa shape index (κ1) is 13.1. The molecule has 0 aliphatic heterocycles. The zero-order chi connectivity index (χ0) is 14.7. The number of benzene rings is 1. The Labute approximate surface area is 121 Å². The molecule has 0 aliphatic rings. The topological polar surface area (TPSA) is 65.7 Å². The number of aromatic nitrogens is 3. The maximum absolute atomic E-state index is 11.3. The van der Waals surface area contributed by atoms with Gasteiger partial charge in [-0.1, -0.05) is 0 Å². The summed E-state index contributed by atoms with van der Waals surface area (Å²) in [4.78, 5) is 19.8. The quantitative estimate of drug-likeness (QED) is 0.686. The van der Waals surface area contributed by atoms with Crippen LogP contribution in [0.2, 0.25) is 0 Å². The molecule has 0 saturated heterocycles. The van der Waals surface area contributed by atoms with E-state index in [4.69, 9.17) is 4.74 Å². The molecule has 21 heavy (non-hydrogen) atoms. The smallest absolute Gasteiger partial charge is 0.337 e. The summed E-state index contributed by atoms with van der Waals surface area (Å²) in [7, 11) is 1.35. The van der Waals surface area contributed by atoms with Crippen LogP contribution in [0, 0.1) is 0 Å². The van der Waals surface area contributed by atoms with Crippen molar-refractivity contribution in [2.24, 2.45) is 0 Å². The highest BCUT2D eigenvalue weighted by Crippen LogP contribution is 2.14. The van der Waals surface area contributed by atoms with Crippen LogP contribution in [0.5, 0.6) is 5.75 Å². The van der Waals surface area contributed by atoms with Gasteiger partial charge in [-0.25, -0.2) is 14.8 Å². The Morgan fingerprint density at radius 2 is 2.10 bits per heavy atom. The third-order valence-electron chi connectivity index (χ3n) is 2.95. The van der Waals surface area contributed by atoms with E-state index in [1.54, 1.807) is 30.5 Å². The van der Waals surface area contributed by atoms with Gasteiger partial charge in [0.25, 0.3) is 0 Å². The van der Waals surface area contributed by atoms with Gasteiger partial charge in [-0.2, -0.15) is 0 Å². The van der Waals surface area contributed by atoms with Crippen LogP contribution in [0.25, 0.3) is 5.78 Å². The van der Waals surface area contributed by atoms with Gasteiger partial charge >= 0.3 is 5.97 Å². The molecule has 6 nitrogen and oxygen atoms in total. The molecule has 0 atom stereocenters. The summed E-state index contributed by atoms with van der Waals surface area (Å²) in [6.07, 6.45) is 5.44. The predicted molar refractivity (Wildman–Crippen MR) is 75.1 cm³/mol. The Kier molecular flexibility index (Phi) is 3.51. The predicted octanol–water partition coefficient (Wildman–Crippen LogP) is 2.09. The molecule has 0 saturated carbocycles. The second-order valence-electron chi connectivity index (χ2n) is 4.36. The number of ether oxygens (including phenoxy) is 2. The van der Waals surface area contributed by atoms with E-state index in [1.165, 1.54) is 7.11 Å². The minimum absolute atomic E-state index is 0.334. The maximum atomic E-state index is 11.3. The van der Waals surface area contributed by atoms with E-state index in [1.807, 2.05) is 22.9 Å². The normalized spacial score (nSPS) is 10.5. The summed E-state index contributed by atoms with van der Waals surface area (Å²) >= 11 is 0. The van der Waals surface area contributed by atoms with E-state index >= 15 is 0 Å². The lowest BCUT2D eigenvalue weighted by Crippen LogP contribution is -2.01. The molecule has 0 bridgehead atoms. The number of imidazole rings is 1. The van der Waals surface area contributed by atoms with Crippen molar-refractivity contribution < 1.29 is 14.3 Å². The molecular formula is C15H13N3O3. The van der Waals surface area contributed by atoms with Crippen LogP contribution in [0.4, 0.5) is 0 Å². The fourth-order valence-corrected chi connectivity index (χ4v) is 1.91. The lowest BCUT2D eigenvalue weighted by molar-refractivity contribution is 0.0600. The van der Waals surface area contributed by atoms with Crippen LogP contribution >= 0.6 is 0 Å². The number of fused-ring (bicyclic) bond motifs is 1.